The fourth-order valence-corrected chi connectivity index (χ4v) is 4.34. The predicted molar refractivity (Wildman–Crippen MR) is 105 cm³/mol. The number of nitrogens with zero attached hydrogens (tertiary/aromatic N) is 2. The van der Waals surface area contributed by atoms with Gasteiger partial charge in [-0.15, -0.1) is 0 Å². The number of aromatic nitrogens is 1. The molecule has 1 unspecified atom stereocenters. The normalized spacial score (nSPS) is 17.6. The molecule has 5 rings (SSSR count). The summed E-state index contributed by atoms with van der Waals surface area (Å²) >= 11 is 0. The van der Waals surface area contributed by atoms with Gasteiger partial charge >= 0.3 is 0 Å². The summed E-state index contributed by atoms with van der Waals surface area (Å²) in [4.78, 5) is 24.3. The number of aryl methyl sites for hydroxylation is 1. The second-order valence-corrected chi connectivity index (χ2v) is 7.23. The van der Waals surface area contributed by atoms with Gasteiger partial charge in [0.15, 0.2) is 11.4 Å². The number of rotatable bonds is 1. The number of aromatic hydroxyl groups is 1. The molecule has 3 aromatic rings. The summed E-state index contributed by atoms with van der Waals surface area (Å²) in [6, 6.07) is 13.8. The first-order valence-corrected chi connectivity index (χ1v) is 9.41. The minimum Gasteiger partial charge on any atom is -0.502 e. The first kappa shape index (κ1) is 17.5. The summed E-state index contributed by atoms with van der Waals surface area (Å²) in [6.45, 7) is 0.142. The Hall–Kier alpha value is -3.61. The van der Waals surface area contributed by atoms with Crippen molar-refractivity contribution in [1.29, 1.82) is 0 Å². The van der Waals surface area contributed by atoms with Crippen molar-refractivity contribution in [2.45, 2.75) is 18.9 Å². The monoisotopic (exact) mass is 391 g/mol. The summed E-state index contributed by atoms with van der Waals surface area (Å²) in [5.41, 5.74) is 2.78. The van der Waals surface area contributed by atoms with E-state index in [1.807, 2.05) is 35.3 Å². The number of hydrogen-bond donors (Lipinski definition) is 2. The van der Waals surface area contributed by atoms with Crippen LogP contribution in [0.15, 0.2) is 59.5 Å². The second kappa shape index (κ2) is 6.48. The van der Waals surface area contributed by atoms with Gasteiger partial charge in [0.05, 0.1) is 6.04 Å². The molecule has 29 heavy (non-hydrogen) atoms. The Morgan fingerprint density at radius 3 is 2.66 bits per heavy atom. The topological polar surface area (TPSA) is 74.6 Å². The third-order valence-corrected chi connectivity index (χ3v) is 5.69. The van der Waals surface area contributed by atoms with E-state index in [-0.39, 0.29) is 18.2 Å². The van der Waals surface area contributed by atoms with Crippen LogP contribution in [0.5, 0.6) is 5.75 Å². The molecular formula is C22H18FN3O3. The SMILES string of the molecule is O=C1NCN(C2c3ccccc3CCc3c(F)cccc32)n2ccc(=O)c(O)c21. The van der Waals surface area contributed by atoms with Crippen LogP contribution in [0.2, 0.25) is 0 Å². The maximum Gasteiger partial charge on any atom is 0.275 e. The fraction of sp³-hybridized carbons (Fsp3) is 0.182. The second-order valence-electron chi connectivity index (χ2n) is 7.23. The number of benzene rings is 2. The Labute approximate surface area is 165 Å². The molecule has 2 aliphatic rings. The van der Waals surface area contributed by atoms with Crippen molar-refractivity contribution >= 4 is 5.91 Å². The number of nitrogens with one attached hydrogen (secondary N) is 1. The lowest BCUT2D eigenvalue weighted by Crippen LogP contribution is -2.53. The zero-order valence-electron chi connectivity index (χ0n) is 15.4. The average molecular weight is 391 g/mol. The molecule has 146 valence electrons. The third kappa shape index (κ3) is 2.61. The highest BCUT2D eigenvalue weighted by molar-refractivity contribution is 5.96. The number of halogens is 1. The Bertz CT molecular complexity index is 1200. The summed E-state index contributed by atoms with van der Waals surface area (Å²) in [7, 11) is 0. The molecule has 0 bridgehead atoms. The molecule has 6 nitrogen and oxygen atoms in total. The zero-order valence-corrected chi connectivity index (χ0v) is 15.4. The van der Waals surface area contributed by atoms with Gasteiger partial charge in [-0.05, 0) is 41.2 Å². The van der Waals surface area contributed by atoms with Gasteiger partial charge in [-0.3, -0.25) is 19.3 Å². The minimum atomic E-state index is -0.624. The molecule has 2 heterocycles. The van der Waals surface area contributed by atoms with Gasteiger partial charge in [-0.2, -0.15) is 0 Å². The molecular weight excluding hydrogens is 373 g/mol. The van der Waals surface area contributed by atoms with E-state index >= 15 is 0 Å². The van der Waals surface area contributed by atoms with Crippen LogP contribution in [0.1, 0.15) is 38.8 Å². The lowest BCUT2D eigenvalue weighted by atomic mass is 9.94. The van der Waals surface area contributed by atoms with Crippen LogP contribution in [-0.2, 0) is 12.8 Å². The van der Waals surface area contributed by atoms with Gasteiger partial charge in [0, 0.05) is 12.3 Å². The molecule has 0 saturated carbocycles. The molecule has 0 radical (unpaired) electrons. The third-order valence-electron chi connectivity index (χ3n) is 5.69. The van der Waals surface area contributed by atoms with E-state index in [4.69, 9.17) is 0 Å². The highest BCUT2D eigenvalue weighted by Crippen LogP contribution is 2.37. The van der Waals surface area contributed by atoms with Gasteiger partial charge in [0.2, 0.25) is 5.43 Å². The Morgan fingerprint density at radius 2 is 1.79 bits per heavy atom. The Kier molecular flexibility index (Phi) is 3.91. The summed E-state index contributed by atoms with van der Waals surface area (Å²) in [6.07, 6.45) is 2.74. The van der Waals surface area contributed by atoms with Crippen molar-refractivity contribution < 1.29 is 14.3 Å². The van der Waals surface area contributed by atoms with Crippen LogP contribution in [0, 0.1) is 5.82 Å². The van der Waals surface area contributed by atoms with Crippen LogP contribution >= 0.6 is 0 Å². The highest BCUT2D eigenvalue weighted by atomic mass is 19.1. The van der Waals surface area contributed by atoms with Crippen molar-refractivity contribution in [3.05, 3.63) is 98.7 Å². The standard InChI is InChI=1S/C22H18FN3O3/c23-17-7-3-6-16-15(17)9-8-13-4-1-2-5-14(13)19(16)26-12-24-22(29)20-21(28)18(27)10-11-25(20)26/h1-7,10-11,19,28H,8-9,12H2,(H,24,29). The van der Waals surface area contributed by atoms with Crippen molar-refractivity contribution in [2.75, 3.05) is 11.7 Å². The smallest absolute Gasteiger partial charge is 0.275 e. The van der Waals surface area contributed by atoms with Gasteiger partial charge in [0.25, 0.3) is 5.91 Å². The number of amides is 1. The predicted octanol–water partition coefficient (Wildman–Crippen LogP) is 2.22. The first-order chi connectivity index (χ1) is 14.1. The largest absolute Gasteiger partial charge is 0.502 e. The van der Waals surface area contributed by atoms with E-state index in [1.165, 1.54) is 23.0 Å². The number of carbonyl (C=O) groups is 1. The van der Waals surface area contributed by atoms with Crippen LogP contribution in [-0.4, -0.2) is 22.4 Å². The molecule has 1 amide bonds. The van der Waals surface area contributed by atoms with Gasteiger partial charge < -0.3 is 10.4 Å². The molecule has 2 N–H and O–H groups in total. The summed E-state index contributed by atoms with van der Waals surface area (Å²) in [5.74, 6) is -1.39. The molecule has 0 fully saturated rings. The maximum atomic E-state index is 14.7. The molecule has 2 aromatic carbocycles. The molecule has 1 aliphatic heterocycles. The summed E-state index contributed by atoms with van der Waals surface area (Å²) in [5, 5.41) is 14.8. The Morgan fingerprint density at radius 1 is 1.00 bits per heavy atom. The number of hydrogen-bond acceptors (Lipinski definition) is 4. The van der Waals surface area contributed by atoms with E-state index in [1.54, 1.807) is 6.07 Å². The van der Waals surface area contributed by atoms with Crippen LogP contribution in [0.25, 0.3) is 0 Å². The van der Waals surface area contributed by atoms with Crippen molar-refractivity contribution in [3.8, 4) is 5.75 Å². The van der Waals surface area contributed by atoms with Crippen LogP contribution < -0.4 is 15.8 Å². The van der Waals surface area contributed by atoms with Crippen molar-refractivity contribution in [1.82, 2.24) is 9.99 Å². The van der Waals surface area contributed by atoms with E-state index in [2.05, 4.69) is 5.32 Å². The van der Waals surface area contributed by atoms with Crippen molar-refractivity contribution in [2.24, 2.45) is 0 Å². The number of carbonyl (C=O) groups excluding carboxylic acids is 1. The average Bonchev–Trinajstić information content (AvgIpc) is 2.89. The maximum absolute atomic E-state index is 14.7. The van der Waals surface area contributed by atoms with Crippen molar-refractivity contribution in [3.63, 3.8) is 0 Å². The Balaban J connectivity index is 1.78. The molecule has 7 heteroatoms. The molecule has 1 atom stereocenters. The van der Waals surface area contributed by atoms with Gasteiger partial charge in [-0.25, -0.2) is 4.39 Å². The van der Waals surface area contributed by atoms with Crippen LogP contribution in [0.3, 0.4) is 0 Å². The van der Waals surface area contributed by atoms with E-state index in [0.29, 0.717) is 18.4 Å². The molecule has 0 spiro atoms. The van der Waals surface area contributed by atoms with E-state index in [9.17, 15) is 19.1 Å². The van der Waals surface area contributed by atoms with Gasteiger partial charge in [0.1, 0.15) is 12.5 Å². The fourth-order valence-electron chi connectivity index (χ4n) is 4.34. The molecule has 0 saturated heterocycles. The lowest BCUT2D eigenvalue weighted by molar-refractivity contribution is 0.0915. The lowest BCUT2D eigenvalue weighted by Gasteiger charge is -2.40. The quantitative estimate of drug-likeness (QED) is 0.667. The first-order valence-electron chi connectivity index (χ1n) is 9.41. The zero-order chi connectivity index (χ0) is 20.1. The summed E-state index contributed by atoms with van der Waals surface area (Å²) < 4.78 is 16.2. The van der Waals surface area contributed by atoms with E-state index in [0.717, 1.165) is 16.7 Å². The number of fused-ring (bicyclic) bond motifs is 3. The van der Waals surface area contributed by atoms with Gasteiger partial charge in [-0.1, -0.05) is 36.4 Å². The minimum absolute atomic E-state index is 0.122. The van der Waals surface area contributed by atoms with Crippen LogP contribution in [0.4, 0.5) is 4.39 Å². The highest BCUT2D eigenvalue weighted by Gasteiger charge is 2.35. The molecule has 1 aliphatic carbocycles. The van der Waals surface area contributed by atoms with E-state index < -0.39 is 23.1 Å². The number of pyridine rings is 1. The molecule has 1 aromatic heterocycles.